The molecule has 1 amide bonds. The van der Waals surface area contributed by atoms with Crippen LogP contribution in [-0.2, 0) is 19.1 Å². The molecule has 6 nitrogen and oxygen atoms in total. The van der Waals surface area contributed by atoms with Gasteiger partial charge in [0, 0.05) is 29.5 Å². The molecule has 0 saturated carbocycles. The van der Waals surface area contributed by atoms with Crippen molar-refractivity contribution in [3.63, 3.8) is 0 Å². The van der Waals surface area contributed by atoms with E-state index in [-0.39, 0.29) is 31.1 Å². The number of benzene rings is 1. The first-order valence-corrected chi connectivity index (χ1v) is 9.52. The van der Waals surface area contributed by atoms with Gasteiger partial charge in [0.25, 0.3) is 0 Å². The molecule has 1 aromatic carbocycles. The predicted molar refractivity (Wildman–Crippen MR) is 100 cm³/mol. The second kappa shape index (κ2) is 7.66. The third-order valence-electron chi connectivity index (χ3n) is 5.45. The fraction of sp³-hybridized carbons (Fsp3) is 0.318. The maximum Gasteiger partial charge on any atom is 0.317 e. The summed E-state index contributed by atoms with van der Waals surface area (Å²) in [6.45, 7) is 1.83. The van der Waals surface area contributed by atoms with E-state index in [1.54, 1.807) is 31.2 Å². The fourth-order valence-electron chi connectivity index (χ4n) is 4.20. The normalized spacial score (nSPS) is 24.1. The molecule has 2 heterocycles. The molecule has 0 radical (unpaired) electrons. The molecule has 29 heavy (non-hydrogen) atoms. The minimum Gasteiger partial charge on any atom is -0.469 e. The van der Waals surface area contributed by atoms with Gasteiger partial charge in [-0.1, -0.05) is 12.1 Å². The number of esters is 1. The molecular formula is C22H20FNO5. The van der Waals surface area contributed by atoms with Gasteiger partial charge in [0.2, 0.25) is 5.91 Å². The van der Waals surface area contributed by atoms with Crippen LogP contribution >= 0.6 is 0 Å². The summed E-state index contributed by atoms with van der Waals surface area (Å²) in [7, 11) is 0. The Morgan fingerprint density at radius 3 is 2.62 bits per heavy atom. The van der Waals surface area contributed by atoms with E-state index in [0.29, 0.717) is 22.6 Å². The Bertz CT molecular complexity index is 977. The Kier molecular flexibility index (Phi) is 5.05. The average molecular weight is 397 g/mol. The van der Waals surface area contributed by atoms with Crippen molar-refractivity contribution in [2.24, 2.45) is 5.92 Å². The van der Waals surface area contributed by atoms with Crippen LogP contribution in [0.3, 0.4) is 0 Å². The Balaban J connectivity index is 1.80. The van der Waals surface area contributed by atoms with Gasteiger partial charge < -0.3 is 14.5 Å². The number of furan rings is 1. The van der Waals surface area contributed by atoms with Crippen molar-refractivity contribution in [2.45, 2.75) is 31.6 Å². The summed E-state index contributed by atoms with van der Waals surface area (Å²) in [5, 5.41) is 2.80. The number of Topliss-reactive ketones (excluding diaryl/α,β-unsaturated/α-hetero) is 1. The number of hydrogen-bond donors (Lipinski definition) is 1. The number of ketones is 1. The van der Waals surface area contributed by atoms with E-state index in [0.717, 1.165) is 0 Å². The molecule has 7 heteroatoms. The molecule has 4 rings (SSSR count). The molecule has 0 unspecified atom stereocenters. The minimum atomic E-state index is -1.06. The van der Waals surface area contributed by atoms with Crippen molar-refractivity contribution in [3.8, 4) is 0 Å². The van der Waals surface area contributed by atoms with Gasteiger partial charge in [-0.05, 0) is 43.2 Å². The Morgan fingerprint density at radius 1 is 1.21 bits per heavy atom. The number of hydrogen-bond acceptors (Lipinski definition) is 5. The highest BCUT2D eigenvalue weighted by molar-refractivity contribution is 6.12. The third-order valence-corrected chi connectivity index (χ3v) is 5.45. The molecule has 2 aromatic rings. The van der Waals surface area contributed by atoms with Crippen molar-refractivity contribution in [2.75, 3.05) is 6.61 Å². The van der Waals surface area contributed by atoms with Crippen LogP contribution in [-0.4, -0.2) is 24.3 Å². The van der Waals surface area contributed by atoms with Gasteiger partial charge in [-0.25, -0.2) is 4.39 Å². The molecule has 0 bridgehead atoms. The lowest BCUT2D eigenvalue weighted by Crippen LogP contribution is -2.44. The van der Waals surface area contributed by atoms with Crippen molar-refractivity contribution in [1.82, 2.24) is 5.32 Å². The number of amides is 1. The molecule has 1 aromatic heterocycles. The number of halogens is 1. The quantitative estimate of drug-likeness (QED) is 0.633. The van der Waals surface area contributed by atoms with Crippen LogP contribution in [0.1, 0.15) is 42.9 Å². The zero-order valence-electron chi connectivity index (χ0n) is 15.8. The van der Waals surface area contributed by atoms with E-state index in [1.165, 1.54) is 18.4 Å². The van der Waals surface area contributed by atoms with E-state index in [9.17, 15) is 18.8 Å². The smallest absolute Gasteiger partial charge is 0.317 e. The number of allylic oxidation sites excluding steroid dienone is 2. The standard InChI is InChI=1S/C22H20FNO5/c1-2-28-22(27)20-15(17-4-3-9-29-17)10-16-19(21(20)26)14(11-18(25)24-16)12-5-7-13(23)8-6-12/h3-9,14-15,20H,2,10-11H2,1H3,(H,24,25)/t14-,15+,20-/m0/s1. The van der Waals surface area contributed by atoms with Gasteiger partial charge in [-0.2, -0.15) is 0 Å². The number of nitrogens with one attached hydrogen (secondary N) is 1. The van der Waals surface area contributed by atoms with Gasteiger partial charge in [0.15, 0.2) is 5.78 Å². The lowest BCUT2D eigenvalue weighted by molar-refractivity contribution is -0.152. The van der Waals surface area contributed by atoms with Crippen LogP contribution in [0.25, 0.3) is 0 Å². The van der Waals surface area contributed by atoms with E-state index in [2.05, 4.69) is 5.32 Å². The minimum absolute atomic E-state index is 0.0527. The van der Waals surface area contributed by atoms with Crippen LogP contribution in [0.5, 0.6) is 0 Å². The number of rotatable bonds is 4. The highest BCUT2D eigenvalue weighted by Gasteiger charge is 2.48. The second-order valence-electron chi connectivity index (χ2n) is 7.17. The van der Waals surface area contributed by atoms with Gasteiger partial charge in [-0.3, -0.25) is 14.4 Å². The second-order valence-corrected chi connectivity index (χ2v) is 7.17. The van der Waals surface area contributed by atoms with Crippen LogP contribution in [0.4, 0.5) is 4.39 Å². The highest BCUT2D eigenvalue weighted by atomic mass is 19.1. The molecule has 150 valence electrons. The van der Waals surface area contributed by atoms with E-state index in [1.807, 2.05) is 0 Å². The fourth-order valence-corrected chi connectivity index (χ4v) is 4.20. The van der Waals surface area contributed by atoms with Gasteiger partial charge in [-0.15, -0.1) is 0 Å². The summed E-state index contributed by atoms with van der Waals surface area (Å²) >= 11 is 0. The van der Waals surface area contributed by atoms with Crippen LogP contribution in [0.2, 0.25) is 0 Å². The molecule has 1 N–H and O–H groups in total. The lowest BCUT2D eigenvalue weighted by Gasteiger charge is -2.37. The number of carbonyl (C=O) groups is 3. The molecule has 0 fully saturated rings. The summed E-state index contributed by atoms with van der Waals surface area (Å²) in [5.41, 5.74) is 1.53. The number of ether oxygens (including phenoxy) is 1. The van der Waals surface area contributed by atoms with Crippen molar-refractivity contribution in [1.29, 1.82) is 0 Å². The zero-order valence-corrected chi connectivity index (χ0v) is 15.8. The van der Waals surface area contributed by atoms with Crippen LogP contribution in [0, 0.1) is 11.7 Å². The first kappa shape index (κ1) is 19.1. The monoisotopic (exact) mass is 397 g/mol. The molecule has 3 atom stereocenters. The van der Waals surface area contributed by atoms with Crippen LogP contribution in [0.15, 0.2) is 58.3 Å². The summed E-state index contributed by atoms with van der Waals surface area (Å²) in [6.07, 6.45) is 1.80. The molecule has 1 aliphatic carbocycles. The van der Waals surface area contributed by atoms with E-state index < -0.39 is 29.5 Å². The van der Waals surface area contributed by atoms with Crippen LogP contribution < -0.4 is 5.32 Å². The predicted octanol–water partition coefficient (Wildman–Crippen LogP) is 3.21. The summed E-state index contributed by atoms with van der Waals surface area (Å²) in [6, 6.07) is 9.11. The Labute approximate surface area is 166 Å². The van der Waals surface area contributed by atoms with Gasteiger partial charge in [0.05, 0.1) is 12.9 Å². The summed E-state index contributed by atoms with van der Waals surface area (Å²) in [4.78, 5) is 38.6. The first-order valence-electron chi connectivity index (χ1n) is 9.52. The van der Waals surface area contributed by atoms with Crippen molar-refractivity contribution >= 4 is 17.7 Å². The molecular weight excluding hydrogens is 377 g/mol. The van der Waals surface area contributed by atoms with Gasteiger partial charge >= 0.3 is 5.97 Å². The first-order chi connectivity index (χ1) is 14.0. The maximum atomic E-state index is 13.5. The Morgan fingerprint density at radius 2 is 1.97 bits per heavy atom. The lowest BCUT2D eigenvalue weighted by atomic mass is 9.69. The largest absolute Gasteiger partial charge is 0.469 e. The molecule has 2 aliphatic rings. The van der Waals surface area contributed by atoms with Gasteiger partial charge in [0.1, 0.15) is 17.5 Å². The number of carbonyl (C=O) groups excluding carboxylic acids is 3. The van der Waals surface area contributed by atoms with Crippen molar-refractivity contribution < 1.29 is 27.9 Å². The highest BCUT2D eigenvalue weighted by Crippen LogP contribution is 2.45. The summed E-state index contributed by atoms with van der Waals surface area (Å²) in [5.74, 6) is -3.30. The van der Waals surface area contributed by atoms with E-state index in [4.69, 9.17) is 9.15 Å². The third kappa shape index (κ3) is 3.48. The SMILES string of the molecule is CCOC(=O)[C@@H]1C(=O)C2=C(C[C@@H]1c1ccco1)NC(=O)C[C@H]2c1ccc(F)cc1. The average Bonchev–Trinajstić information content (AvgIpc) is 3.22. The Hall–Kier alpha value is -3.22. The maximum absolute atomic E-state index is 13.5. The summed E-state index contributed by atoms with van der Waals surface area (Å²) < 4.78 is 24.0. The zero-order chi connectivity index (χ0) is 20.5. The van der Waals surface area contributed by atoms with E-state index >= 15 is 0 Å². The van der Waals surface area contributed by atoms with Crippen molar-refractivity contribution in [3.05, 3.63) is 71.1 Å². The molecule has 0 spiro atoms. The molecule has 0 saturated heterocycles. The topological polar surface area (TPSA) is 85.6 Å². The molecule has 1 aliphatic heterocycles.